The van der Waals surface area contributed by atoms with E-state index in [9.17, 15) is 9.59 Å². The van der Waals surface area contributed by atoms with Crippen LogP contribution in [0, 0.1) is 0 Å². The van der Waals surface area contributed by atoms with E-state index in [4.69, 9.17) is 9.47 Å². The van der Waals surface area contributed by atoms with E-state index < -0.39 is 21.1 Å². The van der Waals surface area contributed by atoms with Crippen LogP contribution in [-0.4, -0.2) is 33.1 Å². The predicted octanol–water partition coefficient (Wildman–Crippen LogP) is 3.52. The van der Waals surface area contributed by atoms with Crippen molar-refractivity contribution in [3.8, 4) is 11.5 Å². The van der Waals surface area contributed by atoms with Crippen molar-refractivity contribution >= 4 is 33.1 Å². The zero-order valence-corrected chi connectivity index (χ0v) is 15.6. The molecule has 5 heteroatoms. The summed E-state index contributed by atoms with van der Waals surface area (Å²) in [4.78, 5) is 23.3. The second-order valence-corrected chi connectivity index (χ2v) is 9.11. The van der Waals surface area contributed by atoms with Gasteiger partial charge < -0.3 is 0 Å². The molecule has 0 radical (unpaired) electrons. The van der Waals surface area contributed by atoms with Crippen LogP contribution in [0.15, 0.2) is 60.7 Å². The van der Waals surface area contributed by atoms with E-state index in [1.165, 1.54) is 0 Å². The van der Waals surface area contributed by atoms with Crippen LogP contribution < -0.4 is 9.47 Å². The topological polar surface area (TPSA) is 52.6 Å². The number of rotatable bonds is 8. The molecule has 2 rings (SSSR count). The number of carbonyl (C=O) groups excluding carboxylic acids is 2. The molecule has 0 unspecified atom stereocenters. The Morgan fingerprint density at radius 2 is 1.09 bits per heavy atom. The molecule has 4 nitrogen and oxygen atoms in total. The Labute approximate surface area is 146 Å². The van der Waals surface area contributed by atoms with Gasteiger partial charge in [-0.1, -0.05) is 0 Å². The van der Waals surface area contributed by atoms with Crippen LogP contribution >= 0.6 is 0 Å². The molecule has 0 saturated carbocycles. The van der Waals surface area contributed by atoms with Gasteiger partial charge in [0.1, 0.15) is 0 Å². The number of hydrogen-bond acceptors (Lipinski definition) is 4. The third-order valence-electron chi connectivity index (χ3n) is 2.96. The van der Waals surface area contributed by atoms with Crippen molar-refractivity contribution in [2.75, 3.05) is 0 Å². The first-order chi connectivity index (χ1) is 11.2. The SMILES string of the molecule is O=C(C[CH2][Sn+2][CH2]CC(=O)Oc1ccccc1)Oc1ccccc1. The standard InChI is InChI=1S/2C9H9O2.Sn/c2*1-2-9(10)11-8-6-4-3-5-7-8;/h2*3-7H,1-2H2;/q;;+2. The average Bonchev–Trinajstić information content (AvgIpc) is 2.56. The summed E-state index contributed by atoms with van der Waals surface area (Å²) < 4.78 is 12.2. The fourth-order valence-corrected chi connectivity index (χ4v) is 4.74. The molecule has 0 aromatic heterocycles. The summed E-state index contributed by atoms with van der Waals surface area (Å²) in [6.45, 7) is 0. The second kappa shape index (κ2) is 10.0. The van der Waals surface area contributed by atoms with Crippen molar-refractivity contribution < 1.29 is 19.1 Å². The molecule has 0 heterocycles. The molecule has 0 saturated heterocycles. The van der Waals surface area contributed by atoms with Crippen molar-refractivity contribution in [1.29, 1.82) is 0 Å². The number of hydrogen-bond donors (Lipinski definition) is 0. The Hall–Kier alpha value is -1.82. The maximum atomic E-state index is 11.7. The molecule has 0 N–H and O–H groups in total. The molecule has 0 amide bonds. The van der Waals surface area contributed by atoms with E-state index >= 15 is 0 Å². The van der Waals surface area contributed by atoms with Crippen LogP contribution in [0.4, 0.5) is 0 Å². The average molecular weight is 417 g/mol. The van der Waals surface area contributed by atoms with Gasteiger partial charge in [-0.2, -0.15) is 0 Å². The Morgan fingerprint density at radius 1 is 0.696 bits per heavy atom. The summed E-state index contributed by atoms with van der Waals surface area (Å²) >= 11 is -0.732. The molecule has 0 aliphatic heterocycles. The number of benzene rings is 2. The van der Waals surface area contributed by atoms with Crippen LogP contribution in [0.1, 0.15) is 12.8 Å². The van der Waals surface area contributed by atoms with E-state index in [1.54, 1.807) is 24.3 Å². The Kier molecular flexibility index (Phi) is 7.66. The van der Waals surface area contributed by atoms with Gasteiger partial charge in [-0.15, -0.1) is 0 Å². The van der Waals surface area contributed by atoms with E-state index in [2.05, 4.69) is 0 Å². The quantitative estimate of drug-likeness (QED) is 0.286. The predicted molar refractivity (Wildman–Crippen MR) is 88.8 cm³/mol. The second-order valence-electron chi connectivity index (χ2n) is 4.82. The van der Waals surface area contributed by atoms with Crippen LogP contribution in [0.3, 0.4) is 0 Å². The summed E-state index contributed by atoms with van der Waals surface area (Å²) in [7, 11) is 0. The molecule has 0 atom stereocenters. The molecule has 2 aromatic carbocycles. The Balaban J connectivity index is 1.55. The van der Waals surface area contributed by atoms with Crippen LogP contribution in [-0.2, 0) is 9.59 Å². The molecule has 0 bridgehead atoms. The van der Waals surface area contributed by atoms with Crippen LogP contribution in [0.25, 0.3) is 0 Å². The van der Waals surface area contributed by atoms with E-state index in [1.807, 2.05) is 36.4 Å². The van der Waals surface area contributed by atoms with Gasteiger partial charge in [0.25, 0.3) is 0 Å². The normalized spacial score (nSPS) is 9.74. The minimum atomic E-state index is -0.732. The number of esters is 2. The number of ether oxygens (including phenoxy) is 2. The Bertz CT molecular complexity index is 558. The fourth-order valence-electron chi connectivity index (χ4n) is 1.85. The Morgan fingerprint density at radius 3 is 1.48 bits per heavy atom. The molecule has 0 aliphatic carbocycles. The fraction of sp³-hybridized carbons (Fsp3) is 0.222. The minimum absolute atomic E-state index is 0.205. The molecule has 0 fully saturated rings. The molecular formula is C18H18O4Sn+2. The summed E-state index contributed by atoms with van der Waals surface area (Å²) in [6, 6.07) is 18.1. The van der Waals surface area contributed by atoms with Gasteiger partial charge in [-0.3, -0.25) is 0 Å². The van der Waals surface area contributed by atoms with Crippen LogP contribution in [0.2, 0.25) is 8.87 Å². The zero-order chi connectivity index (χ0) is 16.3. The van der Waals surface area contributed by atoms with Crippen molar-refractivity contribution in [3.63, 3.8) is 0 Å². The summed E-state index contributed by atoms with van der Waals surface area (Å²) in [5, 5.41) is 0. The van der Waals surface area contributed by atoms with Crippen molar-refractivity contribution in [3.05, 3.63) is 60.7 Å². The molecule has 23 heavy (non-hydrogen) atoms. The maximum absolute atomic E-state index is 11.7. The van der Waals surface area contributed by atoms with Crippen molar-refractivity contribution in [2.45, 2.75) is 21.7 Å². The van der Waals surface area contributed by atoms with E-state index in [0.717, 1.165) is 8.87 Å². The number of carbonyl (C=O) groups is 2. The van der Waals surface area contributed by atoms with Gasteiger partial charge in [-0.25, -0.2) is 0 Å². The molecular weight excluding hydrogens is 399 g/mol. The zero-order valence-electron chi connectivity index (χ0n) is 12.7. The summed E-state index contributed by atoms with van der Waals surface area (Å²) in [5.74, 6) is 0.747. The van der Waals surface area contributed by atoms with Crippen molar-refractivity contribution in [2.24, 2.45) is 0 Å². The molecule has 116 valence electrons. The summed E-state index contributed by atoms with van der Waals surface area (Å²) in [6.07, 6.45) is 0.851. The molecule has 0 spiro atoms. The van der Waals surface area contributed by atoms with E-state index in [0.29, 0.717) is 24.3 Å². The van der Waals surface area contributed by atoms with Gasteiger partial charge in [0.05, 0.1) is 0 Å². The van der Waals surface area contributed by atoms with E-state index in [-0.39, 0.29) is 11.9 Å². The van der Waals surface area contributed by atoms with Gasteiger partial charge in [0.15, 0.2) is 0 Å². The summed E-state index contributed by atoms with van der Waals surface area (Å²) in [5.41, 5.74) is 0. The molecule has 2 aromatic rings. The van der Waals surface area contributed by atoms with Crippen LogP contribution in [0.5, 0.6) is 11.5 Å². The third-order valence-corrected chi connectivity index (χ3v) is 6.41. The van der Waals surface area contributed by atoms with Gasteiger partial charge in [0.2, 0.25) is 0 Å². The third kappa shape index (κ3) is 7.32. The number of para-hydroxylation sites is 2. The molecule has 0 aliphatic rings. The monoisotopic (exact) mass is 418 g/mol. The van der Waals surface area contributed by atoms with Gasteiger partial charge in [-0.05, 0) is 0 Å². The first kappa shape index (κ1) is 17.5. The first-order valence-corrected chi connectivity index (χ1v) is 11.5. The van der Waals surface area contributed by atoms with Crippen molar-refractivity contribution in [1.82, 2.24) is 0 Å². The first-order valence-electron chi connectivity index (χ1n) is 7.46. The van der Waals surface area contributed by atoms with Gasteiger partial charge >= 0.3 is 146 Å². The van der Waals surface area contributed by atoms with Gasteiger partial charge in [0, 0.05) is 0 Å².